The van der Waals surface area contributed by atoms with Crippen molar-refractivity contribution in [1.82, 2.24) is 14.5 Å². The van der Waals surface area contributed by atoms with Gasteiger partial charge in [0.15, 0.2) is 0 Å². The van der Waals surface area contributed by atoms with E-state index in [1.165, 1.54) is 17.1 Å². The molecule has 0 aliphatic carbocycles. The number of aromatic nitrogens is 2. The summed E-state index contributed by atoms with van der Waals surface area (Å²) in [4.78, 5) is 10.4. The van der Waals surface area contributed by atoms with Gasteiger partial charge in [-0.15, -0.1) is 11.8 Å². The molecular weight excluding hydrogens is 270 g/mol. The number of rotatable bonds is 7. The molecule has 0 amide bonds. The summed E-state index contributed by atoms with van der Waals surface area (Å²) in [6.45, 7) is 2.04. The fourth-order valence-electron chi connectivity index (χ4n) is 1.27. The fourth-order valence-corrected chi connectivity index (χ4v) is 2.26. The molecule has 0 saturated heterocycles. The quantitative estimate of drug-likeness (QED) is 0.544. The van der Waals surface area contributed by atoms with Gasteiger partial charge in [-0.1, -0.05) is 0 Å². The van der Waals surface area contributed by atoms with Crippen LogP contribution in [0.25, 0.3) is 0 Å². The van der Waals surface area contributed by atoms with E-state index in [0.717, 1.165) is 0 Å². The molecule has 0 radical (unpaired) electrons. The molecule has 0 fully saturated rings. The first-order valence-corrected chi connectivity index (χ1v) is 7.07. The molecule has 0 unspecified atom stereocenters. The average Bonchev–Trinajstić information content (AvgIpc) is 2.82. The number of carbonyl (C=O) groups is 1. The molecule has 0 bridgehead atoms. The van der Waals surface area contributed by atoms with Crippen LogP contribution in [0.1, 0.15) is 19.8 Å². The molecule has 8 heteroatoms. The zero-order valence-electron chi connectivity index (χ0n) is 10.5. The lowest BCUT2D eigenvalue weighted by Crippen LogP contribution is -2.24. The molecule has 1 aromatic rings. The number of nitrogens with zero attached hydrogens (tertiary/aromatic N) is 2. The molecule has 19 heavy (non-hydrogen) atoms. The number of aliphatic carboxylic acids is 1. The van der Waals surface area contributed by atoms with Gasteiger partial charge in [-0.05, 0) is 6.92 Å². The molecule has 0 atom stereocenters. The minimum atomic E-state index is -3.61. The SMILES string of the molecule is CC#CCCNS(=O)(=O)c1cnn(CCC(=O)O)c1. The van der Waals surface area contributed by atoms with Crippen molar-refractivity contribution >= 4 is 16.0 Å². The second kappa shape index (κ2) is 6.92. The third kappa shape index (κ3) is 5.11. The largest absolute Gasteiger partial charge is 0.481 e. The predicted octanol–water partition coefficient (Wildman–Crippen LogP) is 0.0495. The maximum absolute atomic E-state index is 11.8. The van der Waals surface area contributed by atoms with Gasteiger partial charge in [0.1, 0.15) is 4.90 Å². The van der Waals surface area contributed by atoms with Crippen LogP contribution in [0.2, 0.25) is 0 Å². The standard InChI is InChI=1S/C11H15N3O4S/c1-2-3-4-6-13-19(17,18)10-8-12-14(9-10)7-5-11(15)16/h8-9,13H,4-7H2,1H3,(H,15,16). The molecule has 0 aliphatic rings. The molecule has 0 spiro atoms. The highest BCUT2D eigenvalue weighted by molar-refractivity contribution is 7.89. The van der Waals surface area contributed by atoms with Gasteiger partial charge >= 0.3 is 5.97 Å². The maximum atomic E-state index is 11.8. The van der Waals surface area contributed by atoms with Gasteiger partial charge in [0.05, 0.1) is 19.2 Å². The molecule has 2 N–H and O–H groups in total. The van der Waals surface area contributed by atoms with Crippen LogP contribution in [-0.2, 0) is 21.4 Å². The van der Waals surface area contributed by atoms with E-state index in [2.05, 4.69) is 21.7 Å². The van der Waals surface area contributed by atoms with Crippen molar-refractivity contribution in [2.24, 2.45) is 0 Å². The van der Waals surface area contributed by atoms with Crippen molar-refractivity contribution in [1.29, 1.82) is 0 Å². The summed E-state index contributed by atoms with van der Waals surface area (Å²) in [5.41, 5.74) is 0. The number of aryl methyl sites for hydroxylation is 1. The summed E-state index contributed by atoms with van der Waals surface area (Å²) in [7, 11) is -3.61. The van der Waals surface area contributed by atoms with E-state index >= 15 is 0 Å². The lowest BCUT2D eigenvalue weighted by atomic mass is 10.4. The van der Waals surface area contributed by atoms with Crippen LogP contribution in [0.15, 0.2) is 17.3 Å². The predicted molar refractivity (Wildman–Crippen MR) is 67.7 cm³/mol. The highest BCUT2D eigenvalue weighted by Crippen LogP contribution is 2.07. The van der Waals surface area contributed by atoms with E-state index in [0.29, 0.717) is 6.42 Å². The highest BCUT2D eigenvalue weighted by Gasteiger charge is 2.15. The normalized spacial score (nSPS) is 10.8. The zero-order chi connectivity index (χ0) is 14.3. The smallest absolute Gasteiger partial charge is 0.305 e. The molecule has 7 nitrogen and oxygen atoms in total. The lowest BCUT2D eigenvalue weighted by molar-refractivity contribution is -0.137. The summed E-state index contributed by atoms with van der Waals surface area (Å²) in [6, 6.07) is 0. The Morgan fingerprint density at radius 2 is 2.32 bits per heavy atom. The van der Waals surface area contributed by atoms with Gasteiger partial charge in [0.2, 0.25) is 10.0 Å². The van der Waals surface area contributed by atoms with E-state index in [1.54, 1.807) is 6.92 Å². The lowest BCUT2D eigenvalue weighted by Gasteiger charge is -2.01. The number of sulfonamides is 1. The topological polar surface area (TPSA) is 101 Å². The number of nitrogens with one attached hydrogen (secondary N) is 1. The Bertz CT molecular complexity index is 595. The molecule has 104 valence electrons. The van der Waals surface area contributed by atoms with E-state index in [4.69, 9.17) is 5.11 Å². The maximum Gasteiger partial charge on any atom is 0.305 e. The zero-order valence-corrected chi connectivity index (χ0v) is 11.3. The summed E-state index contributed by atoms with van der Waals surface area (Å²) in [5.74, 6) is 4.45. The van der Waals surface area contributed by atoms with Crippen molar-refractivity contribution in [2.45, 2.75) is 31.2 Å². The molecule has 1 aromatic heterocycles. The van der Waals surface area contributed by atoms with Gasteiger partial charge in [-0.2, -0.15) is 5.10 Å². The van der Waals surface area contributed by atoms with Crippen molar-refractivity contribution < 1.29 is 18.3 Å². The van der Waals surface area contributed by atoms with E-state index < -0.39 is 16.0 Å². The fraction of sp³-hybridized carbons (Fsp3) is 0.455. The number of carboxylic acids is 1. The molecule has 1 rings (SSSR count). The van der Waals surface area contributed by atoms with Gasteiger partial charge in [-0.3, -0.25) is 9.48 Å². The van der Waals surface area contributed by atoms with E-state index in [-0.39, 0.29) is 24.4 Å². The summed E-state index contributed by atoms with van der Waals surface area (Å²) >= 11 is 0. The van der Waals surface area contributed by atoms with Gasteiger partial charge < -0.3 is 5.11 Å². The van der Waals surface area contributed by atoms with Crippen LogP contribution < -0.4 is 4.72 Å². The first-order chi connectivity index (χ1) is 8.95. The molecule has 0 aromatic carbocycles. The monoisotopic (exact) mass is 285 g/mol. The number of hydrogen-bond donors (Lipinski definition) is 2. The molecule has 1 heterocycles. The summed E-state index contributed by atoms with van der Waals surface area (Å²) in [5, 5.41) is 12.3. The number of hydrogen-bond acceptors (Lipinski definition) is 4. The van der Waals surface area contributed by atoms with Crippen LogP contribution in [0, 0.1) is 11.8 Å². The third-order valence-electron chi connectivity index (χ3n) is 2.19. The second-order valence-electron chi connectivity index (χ2n) is 3.66. The van der Waals surface area contributed by atoms with Crippen molar-refractivity contribution in [3.63, 3.8) is 0 Å². The van der Waals surface area contributed by atoms with Crippen LogP contribution in [0.5, 0.6) is 0 Å². The minimum Gasteiger partial charge on any atom is -0.481 e. The van der Waals surface area contributed by atoms with Crippen molar-refractivity contribution in [2.75, 3.05) is 6.54 Å². The molecule has 0 saturated carbocycles. The van der Waals surface area contributed by atoms with Crippen LogP contribution in [0.4, 0.5) is 0 Å². The number of carboxylic acid groups (broad SMARTS) is 1. The van der Waals surface area contributed by atoms with Crippen LogP contribution >= 0.6 is 0 Å². The average molecular weight is 285 g/mol. The Labute approximate surface area is 111 Å². The Morgan fingerprint density at radius 1 is 1.58 bits per heavy atom. The first-order valence-electron chi connectivity index (χ1n) is 5.59. The van der Waals surface area contributed by atoms with Gasteiger partial charge in [0.25, 0.3) is 0 Å². The van der Waals surface area contributed by atoms with Gasteiger partial charge in [0, 0.05) is 19.2 Å². The van der Waals surface area contributed by atoms with Crippen LogP contribution in [-0.4, -0.2) is 35.8 Å². The summed E-state index contributed by atoms with van der Waals surface area (Å²) < 4.78 is 27.3. The van der Waals surface area contributed by atoms with E-state index in [1.807, 2.05) is 0 Å². The second-order valence-corrected chi connectivity index (χ2v) is 5.42. The Morgan fingerprint density at radius 3 is 2.95 bits per heavy atom. The summed E-state index contributed by atoms with van der Waals surface area (Å²) in [6.07, 6.45) is 2.82. The van der Waals surface area contributed by atoms with Crippen molar-refractivity contribution in [3.8, 4) is 11.8 Å². The first kappa shape index (κ1) is 15.2. The minimum absolute atomic E-state index is 0.0161. The van der Waals surface area contributed by atoms with Gasteiger partial charge in [-0.25, -0.2) is 13.1 Å². The third-order valence-corrected chi connectivity index (χ3v) is 3.61. The van der Waals surface area contributed by atoms with Crippen LogP contribution in [0.3, 0.4) is 0 Å². The Kier molecular flexibility index (Phi) is 5.54. The highest BCUT2D eigenvalue weighted by atomic mass is 32.2. The molecular formula is C11H15N3O4S. The Balaban J connectivity index is 2.62. The van der Waals surface area contributed by atoms with E-state index in [9.17, 15) is 13.2 Å². The Hall–Kier alpha value is -1.85. The molecule has 0 aliphatic heterocycles. The van der Waals surface area contributed by atoms with Crippen molar-refractivity contribution in [3.05, 3.63) is 12.4 Å².